The molecule has 0 aromatic heterocycles. The smallest absolute Gasteiger partial charge is 0.445 e. The van der Waals surface area contributed by atoms with Gasteiger partial charge in [0.05, 0.1) is 0 Å². The molecule has 3 aromatic rings. The van der Waals surface area contributed by atoms with Gasteiger partial charge in [-0.1, -0.05) is 78.9 Å². The van der Waals surface area contributed by atoms with Crippen molar-refractivity contribution in [3.05, 3.63) is 107 Å². The second-order valence-corrected chi connectivity index (χ2v) is 13.2. The first-order chi connectivity index (χ1) is 26.5. The topological polar surface area (TPSA) is 58.6 Å². The number of alkyl halides is 17. The maximum absolute atomic E-state index is 14.4. The minimum atomic E-state index is -8.69. The molecule has 1 aliphatic rings. The maximum Gasteiger partial charge on any atom is 0.460 e. The third-order valence-electron chi connectivity index (χ3n) is 9.22. The summed E-state index contributed by atoms with van der Waals surface area (Å²) < 4.78 is 236. The molecule has 5 nitrogen and oxygen atoms in total. The number of carbonyl (C=O) groups excluding carboxylic acids is 2. The number of hydrogen-bond donors (Lipinski definition) is 1. The Kier molecular flexibility index (Phi) is 12.7. The Labute approximate surface area is 317 Å². The highest BCUT2D eigenvalue weighted by Crippen LogP contribution is 2.64. The highest BCUT2D eigenvalue weighted by molar-refractivity contribution is 5.86. The second kappa shape index (κ2) is 16.1. The Morgan fingerprint density at radius 1 is 0.586 bits per heavy atom. The van der Waals surface area contributed by atoms with Gasteiger partial charge in [-0.15, -0.1) is 0 Å². The molecule has 0 aliphatic carbocycles. The van der Waals surface area contributed by atoms with E-state index < -0.39 is 90.7 Å². The van der Waals surface area contributed by atoms with Crippen molar-refractivity contribution in [2.45, 2.75) is 92.5 Å². The van der Waals surface area contributed by atoms with Crippen molar-refractivity contribution in [2.24, 2.45) is 0 Å². The Hall–Kier alpha value is -4.79. The molecule has 0 saturated carbocycles. The van der Waals surface area contributed by atoms with Crippen molar-refractivity contribution in [1.29, 1.82) is 0 Å². The van der Waals surface area contributed by atoms with E-state index in [0.29, 0.717) is 18.5 Å². The Morgan fingerprint density at radius 2 is 1.07 bits per heavy atom. The van der Waals surface area contributed by atoms with Crippen LogP contribution >= 0.6 is 0 Å². The summed E-state index contributed by atoms with van der Waals surface area (Å²) in [4.78, 5) is 27.9. The van der Waals surface area contributed by atoms with Crippen molar-refractivity contribution >= 4 is 12.0 Å². The van der Waals surface area contributed by atoms with E-state index in [-0.39, 0.29) is 18.5 Å². The number of benzene rings is 3. The van der Waals surface area contributed by atoms with Gasteiger partial charge in [0.15, 0.2) is 0 Å². The molecular weight excluding hydrogens is 831 g/mol. The molecule has 22 heteroatoms. The third kappa shape index (κ3) is 8.50. The minimum absolute atomic E-state index is 0.0533. The second-order valence-electron chi connectivity index (χ2n) is 13.2. The number of rotatable bonds is 15. The van der Waals surface area contributed by atoms with Crippen LogP contribution in [0.4, 0.5) is 79.4 Å². The fourth-order valence-electron chi connectivity index (χ4n) is 5.74. The van der Waals surface area contributed by atoms with Crippen molar-refractivity contribution < 1.29 is 89.0 Å². The van der Waals surface area contributed by atoms with E-state index in [9.17, 15) is 84.2 Å². The lowest BCUT2D eigenvalue weighted by Gasteiger charge is -2.42. The molecule has 3 aromatic carbocycles. The quantitative estimate of drug-likeness (QED) is 0.155. The van der Waals surface area contributed by atoms with Gasteiger partial charge in [-0.05, 0) is 40.7 Å². The standard InChI is InChI=1S/C36H29F17N2O3/c37-29(38,30(39,40)31(41,42)32(43,44)33(45,46)34(47,48)35(49,50)36(51,52)53)16-14-21-10-12-23(13-11-21)20-58-28(57)54-26(18-22-6-2-1-3-7-22)27(56)55-17-15-24-8-4-5-9-25(24)19-55/h1-13,26H,14-20H2,(H,54,57)/t26-/m0/s1. The number of alkyl carbamates (subject to hydrolysis) is 1. The van der Waals surface area contributed by atoms with Crippen molar-refractivity contribution in [3.63, 3.8) is 0 Å². The highest BCUT2D eigenvalue weighted by atomic mass is 19.4. The van der Waals surface area contributed by atoms with E-state index in [2.05, 4.69) is 5.32 Å². The summed E-state index contributed by atoms with van der Waals surface area (Å²) in [6, 6.07) is 18.6. The van der Waals surface area contributed by atoms with Crippen LogP contribution in [0, 0.1) is 0 Å². The van der Waals surface area contributed by atoms with E-state index >= 15 is 0 Å². The monoisotopic (exact) mass is 860 g/mol. The molecule has 0 radical (unpaired) electrons. The Bertz CT molecular complexity index is 1900. The lowest BCUT2D eigenvalue weighted by molar-refractivity contribution is -0.461. The van der Waals surface area contributed by atoms with E-state index in [1.807, 2.05) is 24.3 Å². The SMILES string of the molecule is O=C(N[C@@H](Cc1ccccc1)C(=O)N1CCc2ccccc2C1)OCc1ccc(CCC(F)(F)C(F)(F)C(F)(F)C(F)(F)C(F)(F)C(F)(F)C(F)(F)C(F)(F)F)cc1. The van der Waals surface area contributed by atoms with Gasteiger partial charge in [0, 0.05) is 25.9 Å². The van der Waals surface area contributed by atoms with Crippen LogP contribution in [-0.4, -0.2) is 77.1 Å². The van der Waals surface area contributed by atoms with Gasteiger partial charge in [-0.25, -0.2) is 4.79 Å². The Morgan fingerprint density at radius 3 is 1.62 bits per heavy atom. The number of hydrogen-bond acceptors (Lipinski definition) is 3. The summed E-state index contributed by atoms with van der Waals surface area (Å²) >= 11 is 0. The largest absolute Gasteiger partial charge is 0.460 e. The number of carbonyl (C=O) groups is 2. The molecule has 1 atom stereocenters. The fourth-order valence-corrected chi connectivity index (χ4v) is 5.74. The van der Waals surface area contributed by atoms with Gasteiger partial charge in [-0.3, -0.25) is 4.79 Å². The number of aryl methyl sites for hydroxylation is 1. The molecule has 320 valence electrons. The maximum atomic E-state index is 14.4. The molecular formula is C36H29F17N2O3. The predicted molar refractivity (Wildman–Crippen MR) is 168 cm³/mol. The van der Waals surface area contributed by atoms with Crippen LogP contribution in [0.3, 0.4) is 0 Å². The fraction of sp³-hybridized carbons (Fsp3) is 0.444. The first-order valence-electron chi connectivity index (χ1n) is 16.6. The van der Waals surface area contributed by atoms with Crippen LogP contribution < -0.4 is 5.32 Å². The zero-order valence-electron chi connectivity index (χ0n) is 29.1. The summed E-state index contributed by atoms with van der Waals surface area (Å²) in [5, 5.41) is 2.48. The summed E-state index contributed by atoms with van der Waals surface area (Å²) in [7, 11) is 0. The molecule has 4 rings (SSSR count). The van der Waals surface area contributed by atoms with Crippen LogP contribution in [0.15, 0.2) is 78.9 Å². The first-order valence-corrected chi connectivity index (χ1v) is 16.6. The highest BCUT2D eigenvalue weighted by Gasteiger charge is 2.95. The molecule has 0 unspecified atom stereocenters. The molecule has 1 heterocycles. The summed E-state index contributed by atoms with van der Waals surface area (Å²) in [6.07, 6.45) is -12.4. The van der Waals surface area contributed by atoms with Gasteiger partial charge in [-0.2, -0.15) is 74.6 Å². The Balaban J connectivity index is 1.40. The molecule has 0 fully saturated rings. The van der Waals surface area contributed by atoms with Gasteiger partial charge in [0.1, 0.15) is 12.6 Å². The van der Waals surface area contributed by atoms with Crippen LogP contribution in [0.1, 0.15) is 34.2 Å². The minimum Gasteiger partial charge on any atom is -0.445 e. The van der Waals surface area contributed by atoms with Crippen molar-refractivity contribution in [1.82, 2.24) is 10.2 Å². The molecule has 0 saturated heterocycles. The van der Waals surface area contributed by atoms with Crippen LogP contribution in [0.5, 0.6) is 0 Å². The van der Waals surface area contributed by atoms with Gasteiger partial charge < -0.3 is 15.0 Å². The molecule has 58 heavy (non-hydrogen) atoms. The van der Waals surface area contributed by atoms with Crippen LogP contribution in [-0.2, 0) is 41.9 Å². The number of halogens is 17. The third-order valence-corrected chi connectivity index (χ3v) is 9.22. The number of nitrogens with one attached hydrogen (secondary N) is 1. The lowest BCUT2D eigenvalue weighted by atomic mass is 9.87. The van der Waals surface area contributed by atoms with E-state index in [1.165, 1.54) is 0 Å². The number of fused-ring (bicyclic) bond motifs is 1. The van der Waals surface area contributed by atoms with Crippen molar-refractivity contribution in [2.75, 3.05) is 6.54 Å². The molecule has 1 aliphatic heterocycles. The molecule has 0 spiro atoms. The average Bonchev–Trinajstić information content (AvgIpc) is 3.15. The van der Waals surface area contributed by atoms with Crippen LogP contribution in [0.2, 0.25) is 0 Å². The van der Waals surface area contributed by atoms with Crippen molar-refractivity contribution in [3.8, 4) is 0 Å². The van der Waals surface area contributed by atoms with Gasteiger partial charge >= 0.3 is 53.7 Å². The van der Waals surface area contributed by atoms with E-state index in [0.717, 1.165) is 35.4 Å². The average molecular weight is 861 g/mol. The molecule has 2 amide bonds. The van der Waals surface area contributed by atoms with Gasteiger partial charge in [0.25, 0.3) is 0 Å². The predicted octanol–water partition coefficient (Wildman–Crippen LogP) is 10.1. The zero-order valence-corrected chi connectivity index (χ0v) is 29.1. The van der Waals surface area contributed by atoms with Crippen LogP contribution in [0.25, 0.3) is 0 Å². The van der Waals surface area contributed by atoms with E-state index in [4.69, 9.17) is 4.74 Å². The number of amides is 2. The number of ether oxygens (including phenoxy) is 1. The lowest BCUT2D eigenvalue weighted by Crippen LogP contribution is -2.74. The van der Waals surface area contributed by atoms with Gasteiger partial charge in [0.2, 0.25) is 5.91 Å². The molecule has 1 N–H and O–H groups in total. The summed E-state index contributed by atoms with van der Waals surface area (Å²) in [6.45, 7) is 0.0468. The van der Waals surface area contributed by atoms with E-state index in [1.54, 1.807) is 35.2 Å². The summed E-state index contributed by atoms with van der Waals surface area (Å²) in [5.74, 6) is -57.2. The molecule has 0 bridgehead atoms. The normalized spacial score (nSPS) is 15.4. The zero-order chi connectivity index (χ0) is 43.8. The number of nitrogens with zero attached hydrogens (tertiary/aromatic N) is 1. The first kappa shape index (κ1) is 45.9. The summed E-state index contributed by atoms with van der Waals surface area (Å²) in [5.41, 5.74) is 2.25.